The standard InChI is InChI=1S/C12H19N3/c1-15-10-12(9-14-15)8-13-7-6-11-4-2-3-5-11/h4,9-10,13H,2-3,5-8H2,1H3. The van der Waals surface area contributed by atoms with Crippen LogP contribution in [0, 0.1) is 0 Å². The highest BCUT2D eigenvalue weighted by molar-refractivity contribution is 5.08. The van der Waals surface area contributed by atoms with Crippen LogP contribution in [-0.2, 0) is 13.6 Å². The van der Waals surface area contributed by atoms with E-state index in [1.807, 2.05) is 17.9 Å². The molecule has 0 radical (unpaired) electrons. The Bertz CT molecular complexity index is 338. The normalized spacial score (nSPS) is 15.7. The molecule has 0 aliphatic heterocycles. The van der Waals surface area contributed by atoms with Crippen molar-refractivity contribution in [1.82, 2.24) is 15.1 Å². The van der Waals surface area contributed by atoms with Gasteiger partial charge in [0.1, 0.15) is 0 Å². The van der Waals surface area contributed by atoms with Crippen molar-refractivity contribution in [2.45, 2.75) is 32.2 Å². The van der Waals surface area contributed by atoms with Crippen LogP contribution in [0.2, 0.25) is 0 Å². The molecule has 0 saturated carbocycles. The molecule has 0 atom stereocenters. The number of rotatable bonds is 5. The average molecular weight is 205 g/mol. The van der Waals surface area contributed by atoms with Crippen molar-refractivity contribution in [3.05, 3.63) is 29.6 Å². The Kier molecular flexibility index (Phi) is 3.56. The minimum absolute atomic E-state index is 0.932. The zero-order valence-electron chi connectivity index (χ0n) is 9.37. The summed E-state index contributed by atoms with van der Waals surface area (Å²) in [6.45, 7) is 2.02. The van der Waals surface area contributed by atoms with Crippen LogP contribution in [0.15, 0.2) is 24.0 Å². The number of nitrogens with one attached hydrogen (secondary N) is 1. The maximum atomic E-state index is 4.14. The van der Waals surface area contributed by atoms with Crippen LogP contribution in [0.5, 0.6) is 0 Å². The van der Waals surface area contributed by atoms with Gasteiger partial charge in [-0.25, -0.2) is 0 Å². The fraction of sp³-hybridized carbons (Fsp3) is 0.583. The molecule has 1 aliphatic rings. The largest absolute Gasteiger partial charge is 0.312 e. The maximum absolute atomic E-state index is 4.14. The number of hydrogen-bond acceptors (Lipinski definition) is 2. The quantitative estimate of drug-likeness (QED) is 0.588. The van der Waals surface area contributed by atoms with Crippen LogP contribution in [0.1, 0.15) is 31.2 Å². The highest BCUT2D eigenvalue weighted by Crippen LogP contribution is 2.19. The second-order valence-electron chi connectivity index (χ2n) is 4.20. The van der Waals surface area contributed by atoms with Gasteiger partial charge in [0.15, 0.2) is 0 Å². The van der Waals surface area contributed by atoms with Crippen LogP contribution >= 0.6 is 0 Å². The Hall–Kier alpha value is -1.09. The Labute approximate surface area is 91.2 Å². The van der Waals surface area contributed by atoms with Gasteiger partial charge in [-0.1, -0.05) is 11.6 Å². The molecule has 1 aliphatic carbocycles. The molecule has 0 saturated heterocycles. The molecule has 15 heavy (non-hydrogen) atoms. The van der Waals surface area contributed by atoms with Crippen molar-refractivity contribution < 1.29 is 0 Å². The summed E-state index contributed by atoms with van der Waals surface area (Å²) >= 11 is 0. The van der Waals surface area contributed by atoms with Crippen molar-refractivity contribution in [3.63, 3.8) is 0 Å². The van der Waals surface area contributed by atoms with Crippen LogP contribution in [0.25, 0.3) is 0 Å². The maximum Gasteiger partial charge on any atom is 0.0534 e. The summed E-state index contributed by atoms with van der Waals surface area (Å²) in [5.74, 6) is 0. The van der Waals surface area contributed by atoms with Crippen molar-refractivity contribution in [1.29, 1.82) is 0 Å². The van der Waals surface area contributed by atoms with E-state index in [1.165, 1.54) is 31.2 Å². The Morgan fingerprint density at radius 2 is 2.47 bits per heavy atom. The predicted molar refractivity (Wildman–Crippen MR) is 61.5 cm³/mol. The van der Waals surface area contributed by atoms with Gasteiger partial charge in [-0.05, 0) is 32.2 Å². The molecular weight excluding hydrogens is 186 g/mol. The summed E-state index contributed by atoms with van der Waals surface area (Å²) in [6, 6.07) is 0. The van der Waals surface area contributed by atoms with Crippen molar-refractivity contribution in [3.8, 4) is 0 Å². The molecule has 3 heteroatoms. The van der Waals surface area contributed by atoms with Gasteiger partial charge < -0.3 is 5.32 Å². The number of aromatic nitrogens is 2. The van der Waals surface area contributed by atoms with E-state index in [2.05, 4.69) is 22.7 Å². The molecule has 3 nitrogen and oxygen atoms in total. The van der Waals surface area contributed by atoms with Crippen LogP contribution < -0.4 is 5.32 Å². The third-order valence-electron chi connectivity index (χ3n) is 2.85. The molecule has 2 rings (SSSR count). The van der Waals surface area contributed by atoms with Gasteiger partial charge in [-0.2, -0.15) is 5.10 Å². The van der Waals surface area contributed by atoms with Crippen LogP contribution in [0.4, 0.5) is 0 Å². The molecule has 0 amide bonds. The molecule has 1 heterocycles. The lowest BCUT2D eigenvalue weighted by Gasteiger charge is -2.03. The molecular formula is C12H19N3. The molecule has 1 N–H and O–H groups in total. The molecule has 82 valence electrons. The van der Waals surface area contributed by atoms with E-state index in [1.54, 1.807) is 5.57 Å². The first kappa shape index (κ1) is 10.4. The molecule has 0 aromatic carbocycles. The van der Waals surface area contributed by atoms with Gasteiger partial charge in [0, 0.05) is 25.4 Å². The predicted octanol–water partition coefficient (Wildman–Crippen LogP) is 2.01. The van der Waals surface area contributed by atoms with Gasteiger partial charge in [0.05, 0.1) is 6.20 Å². The second-order valence-corrected chi connectivity index (χ2v) is 4.20. The van der Waals surface area contributed by atoms with Gasteiger partial charge in [0.2, 0.25) is 0 Å². The van der Waals surface area contributed by atoms with Crippen LogP contribution in [-0.4, -0.2) is 16.3 Å². The van der Waals surface area contributed by atoms with Gasteiger partial charge in [-0.15, -0.1) is 0 Å². The summed E-state index contributed by atoms with van der Waals surface area (Å²) < 4.78 is 1.84. The van der Waals surface area contributed by atoms with Crippen molar-refractivity contribution in [2.75, 3.05) is 6.54 Å². The Morgan fingerprint density at radius 1 is 1.53 bits per heavy atom. The fourth-order valence-electron chi connectivity index (χ4n) is 2.01. The lowest BCUT2D eigenvalue weighted by atomic mass is 10.2. The topological polar surface area (TPSA) is 29.9 Å². The highest BCUT2D eigenvalue weighted by atomic mass is 15.2. The third-order valence-corrected chi connectivity index (χ3v) is 2.85. The summed E-state index contributed by atoms with van der Waals surface area (Å²) in [7, 11) is 1.95. The van der Waals surface area contributed by atoms with E-state index in [4.69, 9.17) is 0 Å². The van der Waals surface area contributed by atoms with E-state index < -0.39 is 0 Å². The lowest BCUT2D eigenvalue weighted by Crippen LogP contribution is -2.14. The molecule has 0 fully saturated rings. The van der Waals surface area contributed by atoms with E-state index in [0.29, 0.717) is 0 Å². The first-order valence-corrected chi connectivity index (χ1v) is 5.71. The number of nitrogens with zero attached hydrogens (tertiary/aromatic N) is 2. The smallest absolute Gasteiger partial charge is 0.0534 e. The van der Waals surface area contributed by atoms with Crippen LogP contribution in [0.3, 0.4) is 0 Å². The van der Waals surface area contributed by atoms with E-state index in [-0.39, 0.29) is 0 Å². The summed E-state index contributed by atoms with van der Waals surface area (Å²) in [4.78, 5) is 0. The fourth-order valence-corrected chi connectivity index (χ4v) is 2.01. The second kappa shape index (κ2) is 5.12. The molecule has 1 aromatic rings. The Balaban J connectivity index is 1.62. The van der Waals surface area contributed by atoms with E-state index >= 15 is 0 Å². The minimum Gasteiger partial charge on any atom is -0.312 e. The zero-order valence-corrected chi connectivity index (χ0v) is 9.37. The third kappa shape index (κ3) is 3.20. The van der Waals surface area contributed by atoms with Gasteiger partial charge in [0.25, 0.3) is 0 Å². The van der Waals surface area contributed by atoms with Gasteiger partial charge in [-0.3, -0.25) is 4.68 Å². The SMILES string of the molecule is Cn1cc(CNCCC2=CCCC2)cn1. The zero-order chi connectivity index (χ0) is 10.5. The number of aryl methyl sites for hydroxylation is 1. The number of allylic oxidation sites excluding steroid dienone is 1. The first-order chi connectivity index (χ1) is 7.34. The molecule has 0 spiro atoms. The summed E-state index contributed by atoms with van der Waals surface area (Å²) in [5, 5.41) is 7.59. The van der Waals surface area contributed by atoms with Crippen molar-refractivity contribution >= 4 is 0 Å². The first-order valence-electron chi connectivity index (χ1n) is 5.71. The average Bonchev–Trinajstić information content (AvgIpc) is 2.84. The van der Waals surface area contributed by atoms with E-state index in [9.17, 15) is 0 Å². The monoisotopic (exact) mass is 205 g/mol. The van der Waals surface area contributed by atoms with Gasteiger partial charge >= 0.3 is 0 Å². The summed E-state index contributed by atoms with van der Waals surface area (Å²) in [5.41, 5.74) is 2.89. The summed E-state index contributed by atoms with van der Waals surface area (Å²) in [6.07, 6.45) is 11.5. The Morgan fingerprint density at radius 3 is 3.13 bits per heavy atom. The lowest BCUT2D eigenvalue weighted by molar-refractivity contribution is 0.675. The van der Waals surface area contributed by atoms with Crippen molar-refractivity contribution in [2.24, 2.45) is 7.05 Å². The minimum atomic E-state index is 0.932. The highest BCUT2D eigenvalue weighted by Gasteiger charge is 2.03. The molecule has 0 bridgehead atoms. The molecule has 0 unspecified atom stereocenters. The number of hydrogen-bond donors (Lipinski definition) is 1. The van der Waals surface area contributed by atoms with E-state index in [0.717, 1.165) is 13.1 Å². The molecule has 1 aromatic heterocycles.